The van der Waals surface area contributed by atoms with E-state index in [-0.39, 0.29) is 29.5 Å². The molecule has 0 saturated heterocycles. The molecule has 42 heavy (non-hydrogen) atoms. The zero-order valence-electron chi connectivity index (χ0n) is 23.6. The van der Waals surface area contributed by atoms with Gasteiger partial charge in [-0.1, -0.05) is 78.4 Å². The van der Waals surface area contributed by atoms with E-state index in [9.17, 15) is 22.4 Å². The van der Waals surface area contributed by atoms with Gasteiger partial charge in [0.2, 0.25) is 11.8 Å². The van der Waals surface area contributed by atoms with Crippen molar-refractivity contribution in [2.45, 2.75) is 37.8 Å². The van der Waals surface area contributed by atoms with E-state index in [4.69, 9.17) is 0 Å². The SMILES string of the molecule is CCNC(=O)[C@@H](Cc1ccccc1)N(Cc1cccc(C)c1)C(=O)CN(c1ccccc1)S(=O)(=O)c1ccc(F)cc1. The van der Waals surface area contributed by atoms with Crippen LogP contribution in [0.5, 0.6) is 0 Å². The second-order valence-corrected chi connectivity index (χ2v) is 11.8. The summed E-state index contributed by atoms with van der Waals surface area (Å²) >= 11 is 0. The average Bonchev–Trinajstić information content (AvgIpc) is 2.99. The molecule has 4 aromatic rings. The zero-order valence-corrected chi connectivity index (χ0v) is 24.4. The van der Waals surface area contributed by atoms with Crippen LogP contribution in [-0.4, -0.2) is 44.3 Å². The first-order valence-electron chi connectivity index (χ1n) is 13.7. The summed E-state index contributed by atoms with van der Waals surface area (Å²) in [5, 5.41) is 2.84. The van der Waals surface area contributed by atoms with Gasteiger partial charge in [-0.05, 0) is 61.4 Å². The molecule has 9 heteroatoms. The molecule has 0 aliphatic rings. The second-order valence-electron chi connectivity index (χ2n) is 9.91. The number of hydrogen-bond donors (Lipinski definition) is 1. The van der Waals surface area contributed by atoms with Crippen LogP contribution in [0.4, 0.5) is 10.1 Å². The highest BCUT2D eigenvalue weighted by Gasteiger charge is 2.34. The number of carbonyl (C=O) groups excluding carboxylic acids is 2. The maximum absolute atomic E-state index is 14.3. The molecule has 0 aliphatic heterocycles. The summed E-state index contributed by atoms with van der Waals surface area (Å²) in [7, 11) is -4.28. The molecular formula is C33H34FN3O4S. The van der Waals surface area contributed by atoms with Gasteiger partial charge < -0.3 is 10.2 Å². The van der Waals surface area contributed by atoms with E-state index in [1.807, 2.05) is 61.5 Å². The molecule has 0 saturated carbocycles. The highest BCUT2D eigenvalue weighted by atomic mass is 32.2. The van der Waals surface area contributed by atoms with Crippen molar-refractivity contribution >= 4 is 27.5 Å². The maximum atomic E-state index is 14.3. The van der Waals surface area contributed by atoms with E-state index in [0.29, 0.717) is 6.54 Å². The number of para-hydroxylation sites is 1. The third kappa shape index (κ3) is 7.61. The topological polar surface area (TPSA) is 86.8 Å². The highest BCUT2D eigenvalue weighted by molar-refractivity contribution is 7.92. The minimum absolute atomic E-state index is 0.0916. The van der Waals surface area contributed by atoms with Gasteiger partial charge in [0.1, 0.15) is 18.4 Å². The number of nitrogens with zero attached hydrogens (tertiary/aromatic N) is 2. The van der Waals surface area contributed by atoms with Crippen LogP contribution in [0.25, 0.3) is 0 Å². The van der Waals surface area contributed by atoms with Gasteiger partial charge in [0, 0.05) is 19.5 Å². The molecular weight excluding hydrogens is 553 g/mol. The Hall–Kier alpha value is -4.50. The summed E-state index contributed by atoms with van der Waals surface area (Å²) in [5.74, 6) is -1.47. The van der Waals surface area contributed by atoms with Gasteiger partial charge in [-0.3, -0.25) is 13.9 Å². The Morgan fingerprint density at radius 1 is 0.833 bits per heavy atom. The Kier molecular flexibility index (Phi) is 10.1. The maximum Gasteiger partial charge on any atom is 0.264 e. The number of likely N-dealkylation sites (N-methyl/N-ethyl adjacent to an activating group) is 1. The van der Waals surface area contributed by atoms with E-state index in [1.54, 1.807) is 37.3 Å². The monoisotopic (exact) mass is 587 g/mol. The highest BCUT2D eigenvalue weighted by Crippen LogP contribution is 2.25. The summed E-state index contributed by atoms with van der Waals surface area (Å²) in [5.41, 5.74) is 2.92. The lowest BCUT2D eigenvalue weighted by atomic mass is 10.0. The van der Waals surface area contributed by atoms with Gasteiger partial charge in [0.25, 0.3) is 10.0 Å². The van der Waals surface area contributed by atoms with Crippen molar-refractivity contribution in [3.05, 3.63) is 132 Å². The Bertz CT molecular complexity index is 1600. The fourth-order valence-corrected chi connectivity index (χ4v) is 6.12. The number of anilines is 1. The molecule has 0 heterocycles. The molecule has 0 aliphatic carbocycles. The molecule has 0 unspecified atom stereocenters. The summed E-state index contributed by atoms with van der Waals surface area (Å²) in [6, 6.07) is 28.8. The fraction of sp³-hybridized carbons (Fsp3) is 0.212. The Morgan fingerprint density at radius 2 is 1.45 bits per heavy atom. The standard InChI is InChI=1S/C33H34FN3O4S/c1-3-35-33(39)31(22-26-12-6-4-7-13-26)36(23-27-14-10-11-25(2)21-27)32(38)24-37(29-15-8-5-9-16-29)42(40,41)30-19-17-28(34)18-20-30/h4-21,31H,3,22-24H2,1-2H3,(H,35,39)/t31-/m1/s1. The normalized spacial score (nSPS) is 11.9. The lowest BCUT2D eigenvalue weighted by molar-refractivity contribution is -0.140. The minimum Gasteiger partial charge on any atom is -0.355 e. The van der Waals surface area contributed by atoms with E-state index >= 15 is 0 Å². The summed E-state index contributed by atoms with van der Waals surface area (Å²) in [4.78, 5) is 29.0. The molecule has 1 atom stereocenters. The Labute approximate surface area is 246 Å². The number of rotatable bonds is 12. The molecule has 4 rings (SSSR count). The predicted molar refractivity (Wildman–Crippen MR) is 162 cm³/mol. The number of amides is 2. The molecule has 0 spiro atoms. The van der Waals surface area contributed by atoms with Crippen LogP contribution in [0.2, 0.25) is 0 Å². The van der Waals surface area contributed by atoms with Crippen molar-refractivity contribution in [1.82, 2.24) is 10.2 Å². The number of hydrogen-bond acceptors (Lipinski definition) is 4. The minimum atomic E-state index is -4.28. The smallest absolute Gasteiger partial charge is 0.264 e. The number of carbonyl (C=O) groups is 2. The van der Waals surface area contributed by atoms with Crippen molar-refractivity contribution in [3.63, 3.8) is 0 Å². The molecule has 2 amide bonds. The molecule has 0 aromatic heterocycles. The van der Waals surface area contributed by atoms with Crippen molar-refractivity contribution in [2.24, 2.45) is 0 Å². The molecule has 218 valence electrons. The van der Waals surface area contributed by atoms with Gasteiger partial charge in [0.15, 0.2) is 0 Å². The number of halogens is 1. The second kappa shape index (κ2) is 13.9. The Morgan fingerprint density at radius 3 is 2.07 bits per heavy atom. The lowest BCUT2D eigenvalue weighted by Gasteiger charge is -2.34. The van der Waals surface area contributed by atoms with Gasteiger partial charge in [-0.15, -0.1) is 0 Å². The van der Waals surface area contributed by atoms with Crippen LogP contribution >= 0.6 is 0 Å². The molecule has 0 bridgehead atoms. The molecule has 0 radical (unpaired) electrons. The predicted octanol–water partition coefficient (Wildman–Crippen LogP) is 5.11. The van der Waals surface area contributed by atoms with Crippen molar-refractivity contribution < 1.29 is 22.4 Å². The Balaban J connectivity index is 1.78. The van der Waals surface area contributed by atoms with E-state index < -0.39 is 34.3 Å². The number of aryl methyl sites for hydroxylation is 1. The van der Waals surface area contributed by atoms with Gasteiger partial charge in [-0.2, -0.15) is 0 Å². The van der Waals surface area contributed by atoms with Gasteiger partial charge >= 0.3 is 0 Å². The van der Waals surface area contributed by atoms with Crippen LogP contribution in [0.15, 0.2) is 114 Å². The first-order chi connectivity index (χ1) is 20.2. The van der Waals surface area contributed by atoms with Crippen LogP contribution in [0, 0.1) is 12.7 Å². The largest absolute Gasteiger partial charge is 0.355 e. The summed E-state index contributed by atoms with van der Waals surface area (Å²) in [6.45, 7) is 3.63. The summed E-state index contributed by atoms with van der Waals surface area (Å²) < 4.78 is 42.4. The third-order valence-corrected chi connectivity index (χ3v) is 8.57. The van der Waals surface area contributed by atoms with Crippen molar-refractivity contribution in [1.29, 1.82) is 0 Å². The fourth-order valence-electron chi connectivity index (χ4n) is 4.71. The van der Waals surface area contributed by atoms with Crippen molar-refractivity contribution in [2.75, 3.05) is 17.4 Å². The quantitative estimate of drug-likeness (QED) is 0.250. The van der Waals surface area contributed by atoms with Gasteiger partial charge in [0.05, 0.1) is 10.6 Å². The average molecular weight is 588 g/mol. The molecule has 4 aromatic carbocycles. The van der Waals surface area contributed by atoms with E-state index in [1.165, 1.54) is 17.0 Å². The van der Waals surface area contributed by atoms with Crippen LogP contribution in [0.1, 0.15) is 23.6 Å². The molecule has 0 fully saturated rings. The molecule has 1 N–H and O–H groups in total. The van der Waals surface area contributed by atoms with Crippen LogP contribution in [0.3, 0.4) is 0 Å². The third-order valence-electron chi connectivity index (χ3n) is 6.78. The zero-order chi connectivity index (χ0) is 30.1. The van der Waals surface area contributed by atoms with Crippen molar-refractivity contribution in [3.8, 4) is 0 Å². The first kappa shape index (κ1) is 30.5. The van der Waals surface area contributed by atoms with Crippen LogP contribution < -0.4 is 9.62 Å². The van der Waals surface area contributed by atoms with E-state index in [2.05, 4.69) is 5.32 Å². The van der Waals surface area contributed by atoms with E-state index in [0.717, 1.165) is 33.1 Å². The van der Waals surface area contributed by atoms with Crippen LogP contribution in [-0.2, 0) is 32.6 Å². The summed E-state index contributed by atoms with van der Waals surface area (Å²) in [6.07, 6.45) is 0.236. The number of benzene rings is 4. The number of sulfonamides is 1. The lowest BCUT2D eigenvalue weighted by Crippen LogP contribution is -2.53. The molecule has 7 nitrogen and oxygen atoms in total. The first-order valence-corrected chi connectivity index (χ1v) is 15.1. The number of nitrogens with one attached hydrogen (secondary N) is 1. The van der Waals surface area contributed by atoms with Gasteiger partial charge in [-0.25, -0.2) is 12.8 Å².